The second kappa shape index (κ2) is 14.5. The number of anilines is 6. The minimum absolute atomic E-state index is 0.338. The summed E-state index contributed by atoms with van der Waals surface area (Å²) in [7, 11) is 0. The van der Waals surface area contributed by atoms with E-state index in [9.17, 15) is 0 Å². The molecule has 0 aliphatic heterocycles. The molecule has 6 aromatic carbocycles. The molecule has 7 rings (SSSR count). The first-order valence-corrected chi connectivity index (χ1v) is 15.9. The first-order valence-electron chi connectivity index (χ1n) is 15.9. The lowest BCUT2D eigenvalue weighted by Crippen LogP contribution is -2.07. The number of nitrogens with zero attached hydrogens (tertiary/aromatic N) is 6. The summed E-state index contributed by atoms with van der Waals surface area (Å²) in [4.78, 5) is 14.0. The summed E-state index contributed by atoms with van der Waals surface area (Å²) >= 11 is 0. The number of hydrogen-bond donors (Lipinski definition) is 3. The number of nitriles is 3. The van der Waals surface area contributed by atoms with Gasteiger partial charge in [0.2, 0.25) is 17.8 Å². The van der Waals surface area contributed by atoms with E-state index in [1.165, 1.54) is 0 Å². The van der Waals surface area contributed by atoms with E-state index >= 15 is 0 Å². The Morgan fingerprint density at radius 3 is 0.686 bits per heavy atom. The number of nitrogens with one attached hydrogen (secondary N) is 3. The molecule has 240 valence electrons. The molecule has 0 spiro atoms. The standard InChI is InChI=1S/C42H27N9/c43-25-28-1-7-31(8-2-28)34-13-19-37(20-14-34)46-40-49-41(47-38-21-15-35(16-22-38)32-9-3-29(26-44)4-10-32)51-42(50-40)48-39-23-17-36(18-24-39)33-11-5-30(27-45)6-12-33/h1-24H,(H3,46,47,48,49,50,51). The SMILES string of the molecule is N#Cc1ccc(-c2ccc(Nc3nc(Nc4ccc(-c5ccc(C#N)cc5)cc4)nc(Nc4ccc(-c5ccc(C#N)cc5)cc4)n3)cc2)cc1. The van der Waals surface area contributed by atoms with Crippen molar-refractivity contribution in [2.24, 2.45) is 0 Å². The van der Waals surface area contributed by atoms with Crippen molar-refractivity contribution in [1.82, 2.24) is 15.0 Å². The summed E-state index contributed by atoms with van der Waals surface area (Å²) in [5.74, 6) is 1.01. The van der Waals surface area contributed by atoms with Crippen molar-refractivity contribution in [2.75, 3.05) is 16.0 Å². The van der Waals surface area contributed by atoms with Crippen LogP contribution in [-0.2, 0) is 0 Å². The van der Waals surface area contributed by atoms with Gasteiger partial charge in [0.25, 0.3) is 0 Å². The van der Waals surface area contributed by atoms with Gasteiger partial charge in [-0.1, -0.05) is 72.8 Å². The Morgan fingerprint density at radius 2 is 0.490 bits per heavy atom. The van der Waals surface area contributed by atoms with E-state index in [2.05, 4.69) is 49.1 Å². The van der Waals surface area contributed by atoms with E-state index in [4.69, 9.17) is 15.8 Å². The molecule has 7 aromatic rings. The lowest BCUT2D eigenvalue weighted by molar-refractivity contribution is 1.06. The van der Waals surface area contributed by atoms with Crippen molar-refractivity contribution in [3.63, 3.8) is 0 Å². The predicted molar refractivity (Wildman–Crippen MR) is 199 cm³/mol. The molecule has 0 bridgehead atoms. The van der Waals surface area contributed by atoms with E-state index in [1.54, 1.807) is 36.4 Å². The Balaban J connectivity index is 1.13. The van der Waals surface area contributed by atoms with Crippen molar-refractivity contribution in [3.05, 3.63) is 162 Å². The minimum atomic E-state index is 0.338. The number of hydrogen-bond acceptors (Lipinski definition) is 9. The molecule has 0 unspecified atom stereocenters. The highest BCUT2D eigenvalue weighted by molar-refractivity contribution is 5.71. The van der Waals surface area contributed by atoms with E-state index in [0.717, 1.165) is 50.4 Å². The Hall–Kier alpha value is -7.80. The van der Waals surface area contributed by atoms with Gasteiger partial charge < -0.3 is 16.0 Å². The van der Waals surface area contributed by atoms with E-state index in [-0.39, 0.29) is 0 Å². The van der Waals surface area contributed by atoms with Crippen LogP contribution in [0.3, 0.4) is 0 Å². The summed E-state index contributed by atoms with van der Waals surface area (Å²) in [6.07, 6.45) is 0. The molecular formula is C42H27N9. The topological polar surface area (TPSA) is 146 Å². The van der Waals surface area contributed by atoms with E-state index < -0.39 is 0 Å². The first kappa shape index (κ1) is 31.8. The van der Waals surface area contributed by atoms with Gasteiger partial charge in [0.15, 0.2) is 0 Å². The van der Waals surface area contributed by atoms with Crippen LogP contribution in [0.2, 0.25) is 0 Å². The van der Waals surface area contributed by atoms with E-state index in [1.807, 2.05) is 109 Å². The van der Waals surface area contributed by atoms with Gasteiger partial charge in [-0.15, -0.1) is 0 Å². The van der Waals surface area contributed by atoms with Gasteiger partial charge in [-0.05, 0) is 106 Å². The first-order chi connectivity index (χ1) is 25.0. The molecule has 1 heterocycles. The third-order valence-corrected chi connectivity index (χ3v) is 8.10. The van der Waals surface area contributed by atoms with Gasteiger partial charge in [-0.3, -0.25) is 0 Å². The molecule has 0 fully saturated rings. The van der Waals surface area contributed by atoms with Gasteiger partial charge in [-0.25, -0.2) is 0 Å². The molecule has 9 heteroatoms. The van der Waals surface area contributed by atoms with E-state index in [0.29, 0.717) is 34.5 Å². The van der Waals surface area contributed by atoms with Crippen LogP contribution in [0.4, 0.5) is 34.9 Å². The molecule has 0 aliphatic carbocycles. The van der Waals surface area contributed by atoms with Gasteiger partial charge in [0.05, 0.1) is 34.9 Å². The van der Waals surface area contributed by atoms with Crippen LogP contribution >= 0.6 is 0 Å². The highest BCUT2D eigenvalue weighted by atomic mass is 15.3. The molecule has 1 aromatic heterocycles. The van der Waals surface area contributed by atoms with Crippen LogP contribution in [0.15, 0.2) is 146 Å². The van der Waals surface area contributed by atoms with Crippen molar-refractivity contribution in [2.45, 2.75) is 0 Å². The predicted octanol–water partition coefficient (Wildman–Crippen LogP) is 9.72. The van der Waals surface area contributed by atoms with Crippen LogP contribution in [0.5, 0.6) is 0 Å². The smallest absolute Gasteiger partial charge is 0.233 e. The third kappa shape index (κ3) is 7.69. The summed E-state index contributed by atoms with van der Waals surface area (Å²) in [6.45, 7) is 0. The average molecular weight is 658 g/mol. The Labute approximate surface area is 294 Å². The fourth-order valence-corrected chi connectivity index (χ4v) is 5.38. The summed E-state index contributed by atoms with van der Waals surface area (Å²) in [5.41, 5.74) is 10.3. The van der Waals surface area contributed by atoms with Crippen molar-refractivity contribution < 1.29 is 0 Å². The van der Waals surface area contributed by atoms with Crippen LogP contribution in [0, 0.1) is 34.0 Å². The van der Waals surface area contributed by atoms with Crippen molar-refractivity contribution in [3.8, 4) is 51.6 Å². The fraction of sp³-hybridized carbons (Fsp3) is 0. The lowest BCUT2D eigenvalue weighted by Gasteiger charge is -2.13. The molecule has 3 N–H and O–H groups in total. The molecule has 0 amide bonds. The molecule has 9 nitrogen and oxygen atoms in total. The van der Waals surface area contributed by atoms with Gasteiger partial charge in [-0.2, -0.15) is 30.7 Å². The molecule has 51 heavy (non-hydrogen) atoms. The maximum Gasteiger partial charge on any atom is 0.233 e. The Bertz CT molecular complexity index is 2130. The normalized spacial score (nSPS) is 10.3. The Morgan fingerprint density at radius 1 is 0.294 bits per heavy atom. The zero-order valence-corrected chi connectivity index (χ0v) is 27.0. The molecular weight excluding hydrogens is 631 g/mol. The minimum Gasteiger partial charge on any atom is -0.324 e. The number of benzene rings is 6. The second-order valence-corrected chi connectivity index (χ2v) is 11.5. The molecule has 0 saturated heterocycles. The highest BCUT2D eigenvalue weighted by Crippen LogP contribution is 2.27. The van der Waals surface area contributed by atoms with Crippen LogP contribution in [0.25, 0.3) is 33.4 Å². The lowest BCUT2D eigenvalue weighted by atomic mass is 10.0. The van der Waals surface area contributed by atoms with Gasteiger partial charge in [0.1, 0.15) is 0 Å². The molecule has 0 atom stereocenters. The molecule has 0 radical (unpaired) electrons. The van der Waals surface area contributed by atoms with Gasteiger partial charge in [0, 0.05) is 17.1 Å². The third-order valence-electron chi connectivity index (χ3n) is 8.10. The fourth-order valence-electron chi connectivity index (χ4n) is 5.38. The van der Waals surface area contributed by atoms with Crippen molar-refractivity contribution >= 4 is 34.9 Å². The quantitative estimate of drug-likeness (QED) is 0.138. The average Bonchev–Trinajstić information content (AvgIpc) is 3.19. The molecule has 0 saturated carbocycles. The Kier molecular flexibility index (Phi) is 9.06. The summed E-state index contributed by atoms with van der Waals surface area (Å²) in [6, 6.07) is 52.5. The van der Waals surface area contributed by atoms with Crippen molar-refractivity contribution in [1.29, 1.82) is 15.8 Å². The molecule has 0 aliphatic rings. The second-order valence-electron chi connectivity index (χ2n) is 11.5. The zero-order valence-electron chi connectivity index (χ0n) is 27.0. The summed E-state index contributed by atoms with van der Waals surface area (Å²) < 4.78 is 0. The largest absolute Gasteiger partial charge is 0.324 e. The maximum absolute atomic E-state index is 9.12. The summed E-state index contributed by atoms with van der Waals surface area (Å²) in [5, 5.41) is 37.3. The highest BCUT2D eigenvalue weighted by Gasteiger charge is 2.10. The van der Waals surface area contributed by atoms with Crippen LogP contribution in [0.1, 0.15) is 16.7 Å². The van der Waals surface area contributed by atoms with Crippen LogP contribution in [-0.4, -0.2) is 15.0 Å². The monoisotopic (exact) mass is 657 g/mol. The number of rotatable bonds is 9. The zero-order chi connectivity index (χ0) is 35.0. The number of aromatic nitrogens is 3. The van der Waals surface area contributed by atoms with Gasteiger partial charge >= 0.3 is 0 Å². The van der Waals surface area contributed by atoms with Crippen LogP contribution < -0.4 is 16.0 Å². The maximum atomic E-state index is 9.12.